The SMILES string of the molecule is COC1(C)CCCN(c2ccc(C(F)(F)F)cc2C#N)C1. The zero-order chi connectivity index (χ0) is 15.7. The first-order valence-electron chi connectivity index (χ1n) is 6.70. The highest BCUT2D eigenvalue weighted by Crippen LogP contribution is 2.34. The maximum Gasteiger partial charge on any atom is 0.416 e. The molecule has 21 heavy (non-hydrogen) atoms. The first-order valence-corrected chi connectivity index (χ1v) is 6.70. The Balaban J connectivity index is 2.34. The van der Waals surface area contributed by atoms with Crippen molar-refractivity contribution in [2.24, 2.45) is 0 Å². The van der Waals surface area contributed by atoms with Crippen LogP contribution in [0, 0.1) is 11.3 Å². The van der Waals surface area contributed by atoms with Gasteiger partial charge in [0.2, 0.25) is 0 Å². The molecule has 1 aliphatic heterocycles. The number of methoxy groups -OCH3 is 1. The second kappa shape index (κ2) is 5.57. The first kappa shape index (κ1) is 15.6. The van der Waals surface area contributed by atoms with E-state index in [1.807, 2.05) is 17.9 Å². The van der Waals surface area contributed by atoms with Crippen molar-refractivity contribution in [1.29, 1.82) is 5.26 Å². The molecule has 0 bridgehead atoms. The number of hydrogen-bond donors (Lipinski definition) is 0. The van der Waals surface area contributed by atoms with E-state index in [0.717, 1.165) is 25.0 Å². The second-order valence-corrected chi connectivity index (χ2v) is 5.52. The molecule has 1 fully saturated rings. The number of hydrogen-bond acceptors (Lipinski definition) is 3. The molecule has 0 aromatic heterocycles. The van der Waals surface area contributed by atoms with E-state index in [9.17, 15) is 13.2 Å². The quantitative estimate of drug-likeness (QED) is 0.837. The van der Waals surface area contributed by atoms with Gasteiger partial charge in [0.1, 0.15) is 6.07 Å². The van der Waals surface area contributed by atoms with Crippen molar-refractivity contribution in [3.05, 3.63) is 29.3 Å². The standard InChI is InChI=1S/C15H17F3N2O/c1-14(21-2)6-3-7-20(10-14)13-5-4-12(15(16,17)18)8-11(13)9-19/h4-5,8H,3,6-7,10H2,1-2H3. The van der Waals surface area contributed by atoms with Gasteiger partial charge in [0.15, 0.2) is 0 Å². The second-order valence-electron chi connectivity index (χ2n) is 5.52. The molecule has 0 N–H and O–H groups in total. The molecule has 1 aliphatic rings. The van der Waals surface area contributed by atoms with Gasteiger partial charge in [-0.25, -0.2) is 0 Å². The number of piperidine rings is 1. The van der Waals surface area contributed by atoms with Gasteiger partial charge in [-0.15, -0.1) is 0 Å². The van der Waals surface area contributed by atoms with Crippen molar-refractivity contribution in [2.45, 2.75) is 31.5 Å². The van der Waals surface area contributed by atoms with Gasteiger partial charge in [0, 0.05) is 20.2 Å². The molecule has 1 saturated heterocycles. The Kier molecular flexibility index (Phi) is 4.15. The van der Waals surface area contributed by atoms with Crippen molar-refractivity contribution >= 4 is 5.69 Å². The lowest BCUT2D eigenvalue weighted by Gasteiger charge is -2.41. The van der Waals surface area contributed by atoms with Crippen LogP contribution < -0.4 is 4.90 Å². The molecule has 3 nitrogen and oxygen atoms in total. The third-order valence-electron chi connectivity index (χ3n) is 3.94. The van der Waals surface area contributed by atoms with E-state index in [1.165, 1.54) is 6.07 Å². The molecule has 2 rings (SSSR count). The molecule has 6 heteroatoms. The Morgan fingerprint density at radius 3 is 2.67 bits per heavy atom. The summed E-state index contributed by atoms with van der Waals surface area (Å²) in [5.41, 5.74) is -0.554. The summed E-state index contributed by atoms with van der Waals surface area (Å²) in [7, 11) is 1.63. The minimum Gasteiger partial charge on any atom is -0.377 e. The van der Waals surface area contributed by atoms with Crippen molar-refractivity contribution in [3.63, 3.8) is 0 Å². The number of ether oxygens (including phenoxy) is 1. The number of rotatable bonds is 2. The summed E-state index contributed by atoms with van der Waals surface area (Å²) in [6, 6.07) is 5.18. The molecular weight excluding hydrogens is 281 g/mol. The summed E-state index contributed by atoms with van der Waals surface area (Å²) >= 11 is 0. The topological polar surface area (TPSA) is 36.3 Å². The van der Waals surface area contributed by atoms with Crippen molar-refractivity contribution < 1.29 is 17.9 Å². The van der Waals surface area contributed by atoms with Gasteiger partial charge in [-0.3, -0.25) is 0 Å². The largest absolute Gasteiger partial charge is 0.416 e. The van der Waals surface area contributed by atoms with E-state index >= 15 is 0 Å². The molecule has 1 aromatic rings. The Hall–Kier alpha value is -1.74. The maximum absolute atomic E-state index is 12.7. The minimum atomic E-state index is -4.44. The molecule has 114 valence electrons. The van der Waals surface area contributed by atoms with Crippen molar-refractivity contribution in [2.75, 3.05) is 25.1 Å². The fourth-order valence-electron chi connectivity index (χ4n) is 2.66. The summed E-state index contributed by atoms with van der Waals surface area (Å²) < 4.78 is 43.6. The average molecular weight is 298 g/mol. The van der Waals surface area contributed by atoms with Gasteiger partial charge < -0.3 is 9.64 Å². The van der Waals surface area contributed by atoms with Gasteiger partial charge in [-0.1, -0.05) is 0 Å². The molecule has 0 amide bonds. The number of anilines is 1. The zero-order valence-corrected chi connectivity index (χ0v) is 12.0. The molecule has 1 unspecified atom stereocenters. The molecule has 1 heterocycles. The first-order chi connectivity index (χ1) is 9.79. The summed E-state index contributed by atoms with van der Waals surface area (Å²) in [6.45, 7) is 3.23. The summed E-state index contributed by atoms with van der Waals surface area (Å²) in [4.78, 5) is 1.92. The lowest BCUT2D eigenvalue weighted by molar-refractivity contribution is -0.137. The molecule has 1 aromatic carbocycles. The Labute approximate surface area is 121 Å². The lowest BCUT2D eigenvalue weighted by atomic mass is 9.93. The number of nitriles is 1. The van der Waals surface area contributed by atoms with Gasteiger partial charge >= 0.3 is 6.18 Å². The van der Waals surface area contributed by atoms with E-state index in [2.05, 4.69) is 0 Å². The highest BCUT2D eigenvalue weighted by atomic mass is 19.4. The van der Waals surface area contributed by atoms with Crippen LogP contribution in [0.2, 0.25) is 0 Å². The smallest absolute Gasteiger partial charge is 0.377 e. The van der Waals surface area contributed by atoms with Crippen LogP contribution in [0.5, 0.6) is 0 Å². The molecule has 0 radical (unpaired) electrons. The van der Waals surface area contributed by atoms with Crippen LogP contribution in [-0.4, -0.2) is 25.8 Å². The summed E-state index contributed by atoms with van der Waals surface area (Å²) in [6.07, 6.45) is -2.67. The highest BCUT2D eigenvalue weighted by molar-refractivity contribution is 5.61. The van der Waals surface area contributed by atoms with Crippen LogP contribution in [0.4, 0.5) is 18.9 Å². The van der Waals surface area contributed by atoms with Crippen LogP contribution in [0.15, 0.2) is 18.2 Å². The van der Waals surface area contributed by atoms with Gasteiger partial charge in [-0.05, 0) is 38.0 Å². The Bertz CT molecular complexity index is 565. The van der Waals surface area contributed by atoms with Crippen LogP contribution in [-0.2, 0) is 10.9 Å². The fourth-order valence-corrected chi connectivity index (χ4v) is 2.66. The van der Waals surface area contributed by atoms with Crippen molar-refractivity contribution in [3.8, 4) is 6.07 Å². The van der Waals surface area contributed by atoms with Gasteiger partial charge in [0.25, 0.3) is 0 Å². The molecule has 0 spiro atoms. The van der Waals surface area contributed by atoms with Crippen LogP contribution in [0.25, 0.3) is 0 Å². The summed E-state index contributed by atoms with van der Waals surface area (Å²) in [5.74, 6) is 0. The monoisotopic (exact) mass is 298 g/mol. The van der Waals surface area contributed by atoms with E-state index < -0.39 is 11.7 Å². The van der Waals surface area contributed by atoms with Crippen LogP contribution >= 0.6 is 0 Å². The zero-order valence-electron chi connectivity index (χ0n) is 12.0. The molecular formula is C15H17F3N2O. The van der Waals surface area contributed by atoms with Crippen LogP contribution in [0.1, 0.15) is 30.9 Å². The predicted octanol–water partition coefficient (Wildman–Crippen LogP) is 3.58. The van der Waals surface area contributed by atoms with E-state index in [-0.39, 0.29) is 11.2 Å². The average Bonchev–Trinajstić information content (AvgIpc) is 2.45. The number of alkyl halides is 3. The molecule has 1 atom stereocenters. The maximum atomic E-state index is 12.7. The lowest BCUT2D eigenvalue weighted by Crippen LogP contribution is -2.47. The number of benzene rings is 1. The predicted molar refractivity (Wildman–Crippen MR) is 73.0 cm³/mol. The van der Waals surface area contributed by atoms with Crippen molar-refractivity contribution in [1.82, 2.24) is 0 Å². The van der Waals surface area contributed by atoms with Gasteiger partial charge in [0.05, 0.1) is 22.4 Å². The molecule has 0 aliphatic carbocycles. The Morgan fingerprint density at radius 2 is 2.10 bits per heavy atom. The number of nitrogens with zero attached hydrogens (tertiary/aromatic N) is 2. The van der Waals surface area contributed by atoms with E-state index in [0.29, 0.717) is 18.8 Å². The number of halogens is 3. The van der Waals surface area contributed by atoms with E-state index in [1.54, 1.807) is 7.11 Å². The third kappa shape index (κ3) is 3.30. The highest BCUT2D eigenvalue weighted by Gasteiger charge is 2.34. The minimum absolute atomic E-state index is 0.0465. The normalized spacial score (nSPS) is 23.0. The fraction of sp³-hybridized carbons (Fsp3) is 0.533. The van der Waals surface area contributed by atoms with Crippen LogP contribution in [0.3, 0.4) is 0 Å². The Morgan fingerprint density at radius 1 is 1.38 bits per heavy atom. The summed E-state index contributed by atoms with van der Waals surface area (Å²) in [5, 5.41) is 9.15. The van der Waals surface area contributed by atoms with Gasteiger partial charge in [-0.2, -0.15) is 18.4 Å². The third-order valence-corrected chi connectivity index (χ3v) is 3.94. The van der Waals surface area contributed by atoms with E-state index in [4.69, 9.17) is 10.00 Å². The molecule has 0 saturated carbocycles.